The Morgan fingerprint density at radius 1 is 1.53 bits per heavy atom. The summed E-state index contributed by atoms with van der Waals surface area (Å²) < 4.78 is -0.702. The molecule has 1 atom stereocenters. The first-order valence-electron chi connectivity index (χ1n) is 4.61. The zero-order chi connectivity index (χ0) is 12.5. The standard InChI is InChI=1S/C9H9Cl2N3S3/c10-5-1-9(11,17-2-5)14-8(15)13-7-4-16-3-6(7)12/h2-4H,1,12H2,(H2,13,14,15). The molecule has 17 heavy (non-hydrogen) atoms. The lowest BCUT2D eigenvalue weighted by Crippen LogP contribution is -2.42. The Labute approximate surface area is 123 Å². The van der Waals surface area contributed by atoms with Gasteiger partial charge in [0.15, 0.2) is 9.44 Å². The zero-order valence-corrected chi connectivity index (χ0v) is 12.5. The van der Waals surface area contributed by atoms with E-state index in [4.69, 9.17) is 41.2 Å². The quantitative estimate of drug-likeness (QED) is 0.439. The van der Waals surface area contributed by atoms with E-state index >= 15 is 0 Å². The first kappa shape index (κ1) is 13.3. The normalized spacial score (nSPS) is 23.3. The number of hydrogen-bond acceptors (Lipinski definition) is 4. The molecule has 0 saturated heterocycles. The molecule has 0 radical (unpaired) electrons. The molecule has 0 spiro atoms. The van der Waals surface area contributed by atoms with Crippen LogP contribution in [0.5, 0.6) is 0 Å². The summed E-state index contributed by atoms with van der Waals surface area (Å²) in [7, 11) is 0. The van der Waals surface area contributed by atoms with Crippen molar-refractivity contribution in [3.8, 4) is 0 Å². The maximum absolute atomic E-state index is 6.30. The van der Waals surface area contributed by atoms with Crippen molar-refractivity contribution in [1.29, 1.82) is 0 Å². The summed E-state index contributed by atoms with van der Waals surface area (Å²) in [6.45, 7) is 0. The van der Waals surface area contributed by atoms with Crippen LogP contribution >= 0.6 is 58.5 Å². The van der Waals surface area contributed by atoms with Crippen LogP contribution in [0.2, 0.25) is 0 Å². The molecule has 1 aromatic heterocycles. The van der Waals surface area contributed by atoms with Gasteiger partial charge in [0.05, 0.1) is 11.4 Å². The van der Waals surface area contributed by atoms with Crippen molar-refractivity contribution in [3.05, 3.63) is 21.2 Å². The Kier molecular flexibility index (Phi) is 4.10. The van der Waals surface area contributed by atoms with Crippen LogP contribution in [-0.2, 0) is 0 Å². The summed E-state index contributed by atoms with van der Waals surface area (Å²) in [6, 6.07) is 0. The highest BCUT2D eigenvalue weighted by molar-refractivity contribution is 8.05. The van der Waals surface area contributed by atoms with Gasteiger partial charge in [-0.25, -0.2) is 0 Å². The van der Waals surface area contributed by atoms with E-state index in [1.807, 2.05) is 16.2 Å². The van der Waals surface area contributed by atoms with Gasteiger partial charge in [0.25, 0.3) is 0 Å². The fourth-order valence-electron chi connectivity index (χ4n) is 1.26. The summed E-state index contributed by atoms with van der Waals surface area (Å²) in [6.07, 6.45) is 0.529. The second-order valence-corrected chi connectivity index (χ2v) is 7.08. The Bertz CT molecular complexity index is 474. The maximum atomic E-state index is 6.30. The van der Waals surface area contributed by atoms with Gasteiger partial charge in [-0.1, -0.05) is 35.0 Å². The van der Waals surface area contributed by atoms with E-state index in [-0.39, 0.29) is 0 Å². The smallest absolute Gasteiger partial charge is 0.172 e. The molecule has 0 saturated carbocycles. The lowest BCUT2D eigenvalue weighted by Gasteiger charge is -2.23. The molecule has 8 heteroatoms. The van der Waals surface area contributed by atoms with Crippen LogP contribution in [-0.4, -0.2) is 9.44 Å². The first-order valence-corrected chi connectivity index (χ1v) is 7.59. The lowest BCUT2D eigenvalue weighted by molar-refractivity contribution is 0.764. The number of thiophene rings is 1. The third-order valence-corrected chi connectivity index (χ3v) is 4.87. The number of hydrogen-bond donors (Lipinski definition) is 3. The van der Waals surface area contributed by atoms with Crippen LogP contribution < -0.4 is 16.4 Å². The number of halogens is 2. The Hall–Kier alpha value is -0.140. The second-order valence-electron chi connectivity index (χ2n) is 3.41. The number of nitrogens with one attached hydrogen (secondary N) is 2. The molecule has 4 N–H and O–H groups in total. The van der Waals surface area contributed by atoms with E-state index in [1.165, 1.54) is 23.1 Å². The van der Waals surface area contributed by atoms with Crippen LogP contribution in [0.3, 0.4) is 0 Å². The third kappa shape index (κ3) is 3.42. The molecule has 3 nitrogen and oxygen atoms in total. The van der Waals surface area contributed by atoms with Gasteiger partial charge in [-0.05, 0) is 17.6 Å². The molecule has 1 aliphatic rings. The molecule has 0 aromatic carbocycles. The van der Waals surface area contributed by atoms with Crippen LogP contribution in [0.15, 0.2) is 21.2 Å². The van der Waals surface area contributed by atoms with Crippen molar-refractivity contribution in [2.75, 3.05) is 11.1 Å². The molecular formula is C9H9Cl2N3S3. The number of nitrogens with two attached hydrogens (primary N) is 1. The summed E-state index contributed by atoms with van der Waals surface area (Å²) >= 11 is 20.3. The van der Waals surface area contributed by atoms with Crippen LogP contribution in [0, 0.1) is 0 Å². The molecule has 0 fully saturated rings. The predicted molar refractivity (Wildman–Crippen MR) is 82.8 cm³/mol. The number of thioether (sulfide) groups is 1. The number of thiocarbonyl (C=S) groups is 1. The molecule has 0 amide bonds. The minimum Gasteiger partial charge on any atom is -0.396 e. The predicted octanol–water partition coefficient (Wildman–Crippen LogP) is 3.73. The van der Waals surface area contributed by atoms with Crippen molar-refractivity contribution < 1.29 is 0 Å². The Balaban J connectivity index is 1.92. The highest BCUT2D eigenvalue weighted by Gasteiger charge is 2.33. The minimum absolute atomic E-state index is 0.428. The van der Waals surface area contributed by atoms with Crippen LogP contribution in [0.4, 0.5) is 11.4 Å². The number of alkyl halides is 1. The molecular weight excluding hydrogens is 317 g/mol. The monoisotopic (exact) mass is 325 g/mol. The van der Waals surface area contributed by atoms with Gasteiger partial charge in [0.2, 0.25) is 0 Å². The second kappa shape index (κ2) is 5.24. The average Bonchev–Trinajstić information content (AvgIpc) is 2.75. The lowest BCUT2D eigenvalue weighted by atomic mass is 10.4. The van der Waals surface area contributed by atoms with Gasteiger partial charge in [-0.3, -0.25) is 0 Å². The average molecular weight is 326 g/mol. The van der Waals surface area contributed by atoms with Gasteiger partial charge in [0, 0.05) is 22.2 Å². The van der Waals surface area contributed by atoms with E-state index in [0.29, 0.717) is 17.2 Å². The van der Waals surface area contributed by atoms with Gasteiger partial charge in [0.1, 0.15) is 0 Å². The highest BCUT2D eigenvalue weighted by Crippen LogP contribution is 2.43. The molecule has 1 aromatic rings. The third-order valence-electron chi connectivity index (χ3n) is 2.01. The van der Waals surface area contributed by atoms with Crippen LogP contribution in [0.25, 0.3) is 0 Å². The Morgan fingerprint density at radius 3 is 2.82 bits per heavy atom. The van der Waals surface area contributed by atoms with Crippen molar-refractivity contribution >= 4 is 75.0 Å². The van der Waals surface area contributed by atoms with Crippen molar-refractivity contribution in [2.24, 2.45) is 0 Å². The van der Waals surface area contributed by atoms with E-state index in [2.05, 4.69) is 10.6 Å². The summed E-state index contributed by atoms with van der Waals surface area (Å²) in [5.41, 5.74) is 7.19. The molecule has 92 valence electrons. The Morgan fingerprint density at radius 2 is 2.29 bits per heavy atom. The number of anilines is 2. The summed E-state index contributed by atoms with van der Waals surface area (Å²) in [4.78, 5) is 0. The molecule has 0 aliphatic carbocycles. The summed E-state index contributed by atoms with van der Waals surface area (Å²) in [5, 5.41) is 12.7. The van der Waals surface area contributed by atoms with Gasteiger partial charge < -0.3 is 16.4 Å². The topological polar surface area (TPSA) is 50.1 Å². The zero-order valence-electron chi connectivity index (χ0n) is 8.50. The molecule has 1 unspecified atom stereocenters. The van der Waals surface area contributed by atoms with E-state index in [0.717, 1.165) is 10.7 Å². The molecule has 0 bridgehead atoms. The van der Waals surface area contributed by atoms with E-state index < -0.39 is 4.33 Å². The van der Waals surface area contributed by atoms with E-state index in [9.17, 15) is 0 Å². The fraction of sp³-hybridized carbons (Fsp3) is 0.222. The molecule has 2 heterocycles. The fourth-order valence-corrected chi connectivity index (χ4v) is 3.99. The van der Waals surface area contributed by atoms with Gasteiger partial charge in [-0.15, -0.1) is 11.3 Å². The van der Waals surface area contributed by atoms with Crippen molar-refractivity contribution in [3.63, 3.8) is 0 Å². The van der Waals surface area contributed by atoms with Gasteiger partial charge >= 0.3 is 0 Å². The number of rotatable bonds is 2. The van der Waals surface area contributed by atoms with Crippen molar-refractivity contribution in [2.45, 2.75) is 10.8 Å². The SMILES string of the molecule is Nc1cscc1NC(=S)NC1(Cl)CC(Cl)=CS1. The number of nitrogen functional groups attached to an aromatic ring is 1. The summed E-state index contributed by atoms with van der Waals surface area (Å²) in [5.74, 6) is 0. The highest BCUT2D eigenvalue weighted by atomic mass is 35.5. The first-order chi connectivity index (χ1) is 7.98. The molecule has 2 rings (SSSR count). The van der Waals surface area contributed by atoms with E-state index in [1.54, 1.807) is 0 Å². The van der Waals surface area contributed by atoms with Crippen LogP contribution in [0.1, 0.15) is 6.42 Å². The minimum atomic E-state index is -0.702. The molecule has 1 aliphatic heterocycles. The van der Waals surface area contributed by atoms with Gasteiger partial charge in [-0.2, -0.15) is 0 Å². The van der Waals surface area contributed by atoms with Crippen molar-refractivity contribution in [1.82, 2.24) is 5.32 Å². The maximum Gasteiger partial charge on any atom is 0.172 e. The largest absolute Gasteiger partial charge is 0.396 e.